The molecule has 0 saturated heterocycles. The second-order valence-corrected chi connectivity index (χ2v) is 5.82. The van der Waals surface area contributed by atoms with Crippen LogP contribution in [0.4, 0.5) is 5.69 Å². The number of rotatable bonds is 6. The van der Waals surface area contributed by atoms with Crippen LogP contribution in [0.1, 0.15) is 15.9 Å². The molecule has 0 radical (unpaired) electrons. The van der Waals surface area contributed by atoms with Crippen LogP contribution in [0.3, 0.4) is 0 Å². The quantitative estimate of drug-likeness (QED) is 0.629. The number of hydrogen-bond donors (Lipinski definition) is 1. The standard InChI is InChI=1S/C18H19NO2S/c1-4-11-22-17-8-6-5-7-14(17)18(20)19-15-12-13(2)9-10-16(15)21-3/h4-10,12H,1,11H2,2-3H3,(H,19,20). The number of anilines is 1. The number of amides is 1. The molecule has 2 rings (SSSR count). The molecule has 0 saturated carbocycles. The van der Waals surface area contributed by atoms with Crippen LogP contribution in [0.5, 0.6) is 5.75 Å². The molecule has 1 N–H and O–H groups in total. The Hall–Kier alpha value is -2.20. The normalized spacial score (nSPS) is 10.1. The van der Waals surface area contributed by atoms with E-state index in [-0.39, 0.29) is 5.91 Å². The smallest absolute Gasteiger partial charge is 0.256 e. The summed E-state index contributed by atoms with van der Waals surface area (Å²) in [4.78, 5) is 13.5. The van der Waals surface area contributed by atoms with Gasteiger partial charge in [-0.25, -0.2) is 0 Å². The van der Waals surface area contributed by atoms with Crippen molar-refractivity contribution in [2.45, 2.75) is 11.8 Å². The molecule has 0 aromatic heterocycles. The maximum Gasteiger partial charge on any atom is 0.256 e. The van der Waals surface area contributed by atoms with Gasteiger partial charge in [-0.1, -0.05) is 24.3 Å². The zero-order valence-electron chi connectivity index (χ0n) is 12.8. The van der Waals surface area contributed by atoms with Crippen LogP contribution in [0.2, 0.25) is 0 Å². The van der Waals surface area contributed by atoms with Crippen molar-refractivity contribution in [1.82, 2.24) is 0 Å². The van der Waals surface area contributed by atoms with E-state index < -0.39 is 0 Å². The van der Waals surface area contributed by atoms with Crippen molar-refractivity contribution in [3.8, 4) is 5.75 Å². The molecule has 2 aromatic rings. The number of nitrogens with one attached hydrogen (secondary N) is 1. The molecule has 114 valence electrons. The first-order valence-corrected chi connectivity index (χ1v) is 7.93. The van der Waals surface area contributed by atoms with Gasteiger partial charge in [-0.2, -0.15) is 0 Å². The van der Waals surface area contributed by atoms with Crippen LogP contribution < -0.4 is 10.1 Å². The van der Waals surface area contributed by atoms with E-state index in [0.717, 1.165) is 16.2 Å². The summed E-state index contributed by atoms with van der Waals surface area (Å²) in [6.45, 7) is 5.69. The van der Waals surface area contributed by atoms with Crippen LogP contribution in [-0.4, -0.2) is 18.8 Å². The van der Waals surface area contributed by atoms with E-state index in [0.29, 0.717) is 17.0 Å². The van der Waals surface area contributed by atoms with E-state index >= 15 is 0 Å². The van der Waals surface area contributed by atoms with Crippen LogP contribution in [0, 0.1) is 6.92 Å². The fourth-order valence-electron chi connectivity index (χ4n) is 2.04. The van der Waals surface area contributed by atoms with Crippen molar-refractivity contribution in [2.24, 2.45) is 0 Å². The summed E-state index contributed by atoms with van der Waals surface area (Å²) in [6, 6.07) is 13.2. The molecule has 2 aromatic carbocycles. The number of methoxy groups -OCH3 is 1. The average Bonchev–Trinajstić information content (AvgIpc) is 2.53. The predicted octanol–water partition coefficient (Wildman–Crippen LogP) is 4.53. The molecule has 22 heavy (non-hydrogen) atoms. The topological polar surface area (TPSA) is 38.3 Å². The lowest BCUT2D eigenvalue weighted by Gasteiger charge is -2.12. The summed E-state index contributed by atoms with van der Waals surface area (Å²) in [5.74, 6) is 1.27. The van der Waals surface area contributed by atoms with Gasteiger partial charge in [0.2, 0.25) is 0 Å². The molecular weight excluding hydrogens is 294 g/mol. The highest BCUT2D eigenvalue weighted by molar-refractivity contribution is 7.99. The third-order valence-electron chi connectivity index (χ3n) is 3.09. The minimum Gasteiger partial charge on any atom is -0.495 e. The van der Waals surface area contributed by atoms with Crippen molar-refractivity contribution in [3.05, 3.63) is 66.2 Å². The van der Waals surface area contributed by atoms with E-state index in [1.807, 2.05) is 55.5 Å². The summed E-state index contributed by atoms with van der Waals surface area (Å²) >= 11 is 1.59. The number of carbonyl (C=O) groups excluding carboxylic acids is 1. The molecule has 0 aliphatic carbocycles. The van der Waals surface area contributed by atoms with Gasteiger partial charge in [0, 0.05) is 10.6 Å². The van der Waals surface area contributed by atoms with Crippen LogP contribution in [0.25, 0.3) is 0 Å². The molecule has 1 amide bonds. The second kappa shape index (κ2) is 7.71. The van der Waals surface area contributed by atoms with Crippen molar-refractivity contribution in [2.75, 3.05) is 18.2 Å². The Morgan fingerprint density at radius 1 is 1.32 bits per heavy atom. The summed E-state index contributed by atoms with van der Waals surface area (Å²) in [5.41, 5.74) is 2.39. The van der Waals surface area contributed by atoms with E-state index in [1.165, 1.54) is 0 Å². The Kier molecular flexibility index (Phi) is 5.67. The fourth-order valence-corrected chi connectivity index (χ4v) is 2.83. The van der Waals surface area contributed by atoms with Gasteiger partial charge in [0.1, 0.15) is 5.75 Å². The summed E-state index contributed by atoms with van der Waals surface area (Å²) in [6.07, 6.45) is 1.82. The first-order valence-electron chi connectivity index (χ1n) is 6.94. The monoisotopic (exact) mass is 313 g/mol. The highest BCUT2D eigenvalue weighted by Crippen LogP contribution is 2.28. The van der Waals surface area contributed by atoms with Crippen LogP contribution in [0.15, 0.2) is 60.0 Å². The maximum absolute atomic E-state index is 12.6. The molecule has 3 nitrogen and oxygen atoms in total. The van der Waals surface area contributed by atoms with Gasteiger partial charge in [0.05, 0.1) is 18.4 Å². The molecule has 0 aliphatic rings. The molecule has 0 fully saturated rings. The number of ether oxygens (including phenoxy) is 1. The average molecular weight is 313 g/mol. The minimum atomic E-state index is -0.143. The second-order valence-electron chi connectivity index (χ2n) is 4.75. The number of thioether (sulfide) groups is 1. The number of aryl methyl sites for hydroxylation is 1. The van der Waals surface area contributed by atoms with E-state index in [2.05, 4.69) is 11.9 Å². The van der Waals surface area contributed by atoms with Crippen molar-refractivity contribution in [1.29, 1.82) is 0 Å². The van der Waals surface area contributed by atoms with Gasteiger partial charge in [-0.05, 0) is 36.8 Å². The highest BCUT2D eigenvalue weighted by atomic mass is 32.2. The maximum atomic E-state index is 12.6. The molecular formula is C18H19NO2S. The van der Waals surface area contributed by atoms with E-state index in [1.54, 1.807) is 18.9 Å². The van der Waals surface area contributed by atoms with Crippen LogP contribution >= 0.6 is 11.8 Å². The van der Waals surface area contributed by atoms with Gasteiger partial charge < -0.3 is 10.1 Å². The molecule has 0 spiro atoms. The fraction of sp³-hybridized carbons (Fsp3) is 0.167. The zero-order chi connectivity index (χ0) is 15.9. The first kappa shape index (κ1) is 16.2. The largest absolute Gasteiger partial charge is 0.495 e. The lowest BCUT2D eigenvalue weighted by Crippen LogP contribution is -2.13. The molecule has 0 unspecified atom stereocenters. The lowest BCUT2D eigenvalue weighted by atomic mass is 10.1. The van der Waals surface area contributed by atoms with E-state index in [4.69, 9.17) is 4.74 Å². The number of hydrogen-bond acceptors (Lipinski definition) is 3. The molecule has 0 aliphatic heterocycles. The molecule has 4 heteroatoms. The Morgan fingerprint density at radius 3 is 2.82 bits per heavy atom. The van der Waals surface area contributed by atoms with Gasteiger partial charge in [-0.3, -0.25) is 4.79 Å². The SMILES string of the molecule is C=CCSc1ccccc1C(=O)Nc1cc(C)ccc1OC. The Labute approximate surface area is 135 Å². The summed E-state index contributed by atoms with van der Waals surface area (Å²) in [5, 5.41) is 2.93. The van der Waals surface area contributed by atoms with Gasteiger partial charge in [-0.15, -0.1) is 18.3 Å². The number of benzene rings is 2. The zero-order valence-corrected chi connectivity index (χ0v) is 13.6. The lowest BCUT2D eigenvalue weighted by molar-refractivity contribution is 0.102. The Bertz CT molecular complexity index is 683. The van der Waals surface area contributed by atoms with Crippen molar-refractivity contribution >= 4 is 23.4 Å². The predicted molar refractivity (Wildman–Crippen MR) is 93.0 cm³/mol. The Morgan fingerprint density at radius 2 is 2.09 bits per heavy atom. The van der Waals surface area contributed by atoms with Crippen molar-refractivity contribution in [3.63, 3.8) is 0 Å². The van der Waals surface area contributed by atoms with Gasteiger partial charge in [0.25, 0.3) is 5.91 Å². The van der Waals surface area contributed by atoms with Crippen molar-refractivity contribution < 1.29 is 9.53 Å². The summed E-state index contributed by atoms with van der Waals surface area (Å²) < 4.78 is 5.30. The highest BCUT2D eigenvalue weighted by Gasteiger charge is 2.13. The van der Waals surface area contributed by atoms with E-state index in [9.17, 15) is 4.79 Å². The first-order chi connectivity index (χ1) is 10.7. The van der Waals surface area contributed by atoms with Gasteiger partial charge >= 0.3 is 0 Å². The molecule has 0 heterocycles. The molecule has 0 bridgehead atoms. The van der Waals surface area contributed by atoms with Gasteiger partial charge in [0.15, 0.2) is 0 Å². The molecule has 0 atom stereocenters. The number of carbonyl (C=O) groups is 1. The summed E-state index contributed by atoms with van der Waals surface area (Å²) in [7, 11) is 1.59. The van der Waals surface area contributed by atoms with Crippen LogP contribution in [-0.2, 0) is 0 Å². The minimum absolute atomic E-state index is 0.143. The Balaban J connectivity index is 2.26. The third kappa shape index (κ3) is 3.92. The third-order valence-corrected chi connectivity index (χ3v) is 4.16.